The van der Waals surface area contributed by atoms with Crippen LogP contribution >= 0.6 is 22.7 Å². The SMILES string of the molecule is CC1(C)COc2csc(C(=O)CCC(=O)c3scc4c3OCC(C)(C)CO4)c2OC1. The molecule has 0 fully saturated rings. The summed E-state index contributed by atoms with van der Waals surface area (Å²) in [5.74, 6) is 2.01. The van der Waals surface area contributed by atoms with E-state index in [-0.39, 0.29) is 35.2 Å². The number of hydrogen-bond acceptors (Lipinski definition) is 8. The van der Waals surface area contributed by atoms with Crippen LogP contribution in [-0.4, -0.2) is 38.0 Å². The van der Waals surface area contributed by atoms with Gasteiger partial charge in [-0.25, -0.2) is 0 Å². The second kappa shape index (κ2) is 7.89. The standard InChI is InChI=1S/C22H26O6S2/c1-21(2)9-25-15-7-29-19(17(15)27-11-21)13(23)5-6-14(24)20-18-16(8-30-20)26-10-22(3,4)12-28-18/h7-8H,5-6,9-12H2,1-4H3. The maximum absolute atomic E-state index is 12.8. The summed E-state index contributed by atoms with van der Waals surface area (Å²) in [6, 6.07) is 0. The average Bonchev–Trinajstić information content (AvgIpc) is 3.21. The van der Waals surface area contributed by atoms with Gasteiger partial charge in [-0.1, -0.05) is 27.7 Å². The molecule has 0 amide bonds. The van der Waals surface area contributed by atoms with Crippen molar-refractivity contribution in [1.29, 1.82) is 0 Å². The molecule has 162 valence electrons. The number of ketones is 2. The number of rotatable bonds is 5. The molecule has 0 saturated heterocycles. The highest BCUT2D eigenvalue weighted by Crippen LogP contribution is 2.43. The average molecular weight is 451 g/mol. The lowest BCUT2D eigenvalue weighted by Crippen LogP contribution is -2.26. The Hall–Kier alpha value is -2.06. The van der Waals surface area contributed by atoms with Gasteiger partial charge in [0.2, 0.25) is 0 Å². The van der Waals surface area contributed by atoms with Gasteiger partial charge in [-0.15, -0.1) is 22.7 Å². The molecule has 0 aromatic carbocycles. The van der Waals surface area contributed by atoms with E-state index in [0.717, 1.165) is 0 Å². The second-order valence-corrected chi connectivity index (χ2v) is 11.1. The quantitative estimate of drug-likeness (QED) is 0.580. The van der Waals surface area contributed by atoms with Gasteiger partial charge in [-0.3, -0.25) is 9.59 Å². The first-order chi connectivity index (χ1) is 14.2. The zero-order valence-corrected chi connectivity index (χ0v) is 19.3. The van der Waals surface area contributed by atoms with Crippen molar-refractivity contribution in [2.45, 2.75) is 40.5 Å². The van der Waals surface area contributed by atoms with Gasteiger partial charge < -0.3 is 18.9 Å². The summed E-state index contributed by atoms with van der Waals surface area (Å²) in [5.41, 5.74) is -0.249. The van der Waals surface area contributed by atoms with Crippen molar-refractivity contribution in [3.05, 3.63) is 20.5 Å². The highest BCUT2D eigenvalue weighted by molar-refractivity contribution is 7.13. The van der Waals surface area contributed by atoms with Crippen LogP contribution in [0.15, 0.2) is 10.8 Å². The number of carbonyl (C=O) groups excluding carboxylic acids is 2. The van der Waals surface area contributed by atoms with Crippen LogP contribution in [0.25, 0.3) is 0 Å². The Balaban J connectivity index is 1.42. The van der Waals surface area contributed by atoms with Crippen molar-refractivity contribution >= 4 is 34.2 Å². The maximum Gasteiger partial charge on any atom is 0.182 e. The highest BCUT2D eigenvalue weighted by Gasteiger charge is 2.31. The van der Waals surface area contributed by atoms with Crippen LogP contribution < -0.4 is 18.9 Å². The molecule has 0 bridgehead atoms. The number of ether oxygens (including phenoxy) is 4. The molecular formula is C22H26O6S2. The van der Waals surface area contributed by atoms with Crippen molar-refractivity contribution in [3.8, 4) is 23.0 Å². The zero-order valence-electron chi connectivity index (χ0n) is 17.7. The number of carbonyl (C=O) groups is 2. The molecule has 2 aliphatic heterocycles. The lowest BCUT2D eigenvalue weighted by molar-refractivity contribution is 0.0915. The van der Waals surface area contributed by atoms with Gasteiger partial charge in [0.1, 0.15) is 9.75 Å². The molecule has 0 spiro atoms. The predicted molar refractivity (Wildman–Crippen MR) is 116 cm³/mol. The van der Waals surface area contributed by atoms with Gasteiger partial charge in [0.25, 0.3) is 0 Å². The normalized spacial score (nSPS) is 18.9. The van der Waals surface area contributed by atoms with Gasteiger partial charge >= 0.3 is 0 Å². The van der Waals surface area contributed by atoms with Crippen molar-refractivity contribution in [2.75, 3.05) is 26.4 Å². The minimum absolute atomic E-state index is 0.109. The van der Waals surface area contributed by atoms with Crippen molar-refractivity contribution in [2.24, 2.45) is 10.8 Å². The van der Waals surface area contributed by atoms with E-state index >= 15 is 0 Å². The minimum Gasteiger partial charge on any atom is -0.488 e. The van der Waals surface area contributed by atoms with E-state index in [2.05, 4.69) is 27.7 Å². The van der Waals surface area contributed by atoms with E-state index in [1.165, 1.54) is 22.7 Å². The molecule has 0 radical (unpaired) electrons. The highest BCUT2D eigenvalue weighted by atomic mass is 32.1. The van der Waals surface area contributed by atoms with Crippen LogP contribution in [0.4, 0.5) is 0 Å². The summed E-state index contributed by atoms with van der Waals surface area (Å²) < 4.78 is 23.4. The summed E-state index contributed by atoms with van der Waals surface area (Å²) >= 11 is 2.61. The van der Waals surface area contributed by atoms with Crippen molar-refractivity contribution < 1.29 is 28.5 Å². The van der Waals surface area contributed by atoms with E-state index in [9.17, 15) is 9.59 Å². The minimum atomic E-state index is -0.124. The Bertz CT molecular complexity index is 890. The lowest BCUT2D eigenvalue weighted by Gasteiger charge is -2.20. The topological polar surface area (TPSA) is 71.1 Å². The van der Waals surface area contributed by atoms with Gasteiger partial charge in [0.05, 0.1) is 26.4 Å². The monoisotopic (exact) mass is 450 g/mol. The summed E-state index contributed by atoms with van der Waals surface area (Å²) in [6.45, 7) is 10.2. The largest absolute Gasteiger partial charge is 0.488 e. The van der Waals surface area contributed by atoms with E-state index in [1.54, 1.807) is 10.8 Å². The summed E-state index contributed by atoms with van der Waals surface area (Å²) in [4.78, 5) is 26.7. The Kier molecular flexibility index (Phi) is 5.57. The van der Waals surface area contributed by atoms with Crippen molar-refractivity contribution in [3.63, 3.8) is 0 Å². The fourth-order valence-electron chi connectivity index (χ4n) is 3.14. The van der Waals surface area contributed by atoms with E-state index in [0.29, 0.717) is 59.2 Å². The number of fused-ring (bicyclic) bond motifs is 2. The van der Waals surface area contributed by atoms with Crippen LogP contribution in [0.1, 0.15) is 59.9 Å². The fraction of sp³-hybridized carbons (Fsp3) is 0.545. The third kappa shape index (κ3) is 4.34. The molecule has 0 saturated carbocycles. The number of thiophene rings is 2. The van der Waals surface area contributed by atoms with Gasteiger partial charge in [0, 0.05) is 34.4 Å². The van der Waals surface area contributed by atoms with Gasteiger partial charge in [0.15, 0.2) is 34.6 Å². The van der Waals surface area contributed by atoms with E-state index in [4.69, 9.17) is 18.9 Å². The Morgan fingerprint density at radius 2 is 1.10 bits per heavy atom. The number of Topliss-reactive ketones (excluding diaryl/α,β-unsaturated/α-hetero) is 2. The molecular weight excluding hydrogens is 424 g/mol. The summed E-state index contributed by atoms with van der Waals surface area (Å²) in [7, 11) is 0. The molecule has 2 aromatic rings. The zero-order chi connectivity index (χ0) is 21.5. The van der Waals surface area contributed by atoms with Crippen LogP contribution in [0, 0.1) is 10.8 Å². The fourth-order valence-corrected chi connectivity index (χ4v) is 4.94. The molecule has 2 aromatic heterocycles. The van der Waals surface area contributed by atoms with E-state index in [1.807, 2.05) is 0 Å². The lowest BCUT2D eigenvalue weighted by atomic mass is 9.96. The maximum atomic E-state index is 12.8. The molecule has 6 nitrogen and oxygen atoms in total. The van der Waals surface area contributed by atoms with Crippen LogP contribution in [0.3, 0.4) is 0 Å². The van der Waals surface area contributed by atoms with Crippen LogP contribution in [-0.2, 0) is 0 Å². The van der Waals surface area contributed by atoms with Crippen LogP contribution in [0.5, 0.6) is 23.0 Å². The molecule has 0 N–H and O–H groups in total. The molecule has 2 aliphatic rings. The van der Waals surface area contributed by atoms with E-state index < -0.39 is 0 Å². The smallest absolute Gasteiger partial charge is 0.182 e. The van der Waals surface area contributed by atoms with Crippen molar-refractivity contribution in [1.82, 2.24) is 0 Å². The molecule has 4 heterocycles. The molecule has 0 unspecified atom stereocenters. The summed E-state index contributed by atoms with van der Waals surface area (Å²) in [6.07, 6.45) is 0.217. The Morgan fingerprint density at radius 1 is 0.733 bits per heavy atom. The molecule has 0 atom stereocenters. The Labute approximate surface area is 184 Å². The molecule has 0 aliphatic carbocycles. The first-order valence-electron chi connectivity index (χ1n) is 9.96. The van der Waals surface area contributed by atoms with Gasteiger partial charge in [-0.2, -0.15) is 0 Å². The first-order valence-corrected chi connectivity index (χ1v) is 11.7. The Morgan fingerprint density at radius 3 is 1.50 bits per heavy atom. The summed E-state index contributed by atoms with van der Waals surface area (Å²) in [5, 5.41) is 3.61. The molecule has 4 rings (SSSR count). The van der Waals surface area contributed by atoms with Gasteiger partial charge in [-0.05, 0) is 0 Å². The predicted octanol–water partition coefficient (Wildman–Crippen LogP) is 5.25. The first kappa shape index (κ1) is 21.2. The molecule has 30 heavy (non-hydrogen) atoms. The van der Waals surface area contributed by atoms with Crippen LogP contribution in [0.2, 0.25) is 0 Å². The third-order valence-corrected chi connectivity index (χ3v) is 6.93. The number of hydrogen-bond donors (Lipinski definition) is 0. The molecule has 8 heteroatoms. The second-order valence-electron chi connectivity index (χ2n) is 9.35. The third-order valence-electron chi connectivity index (χ3n) is 4.96.